The molecule has 0 fully saturated rings. The topological polar surface area (TPSA) is 136 Å². The highest BCUT2D eigenvalue weighted by Crippen LogP contribution is 2.45. The van der Waals surface area contributed by atoms with Gasteiger partial charge in [-0.15, -0.1) is 0 Å². The molecule has 4 aromatic rings. The molecule has 0 aliphatic heterocycles. The Balaban J connectivity index is 0.856. The second-order valence-electron chi connectivity index (χ2n) is 12.4. The predicted octanol–water partition coefficient (Wildman–Crippen LogP) is 5.07. The van der Waals surface area contributed by atoms with Crippen molar-refractivity contribution in [2.24, 2.45) is 5.41 Å². The summed E-state index contributed by atoms with van der Waals surface area (Å²) in [6.07, 6.45) is -1.10. The SMILES string of the molecule is O=C(NCCOCC(CO)(CO)COCCNC(=O)OCC1c2ccccc2-c2ccccc21)OCC1c2ccccc2-c2ccccc21. The molecule has 2 aliphatic rings. The van der Waals surface area contributed by atoms with Crippen LogP contribution in [0.2, 0.25) is 0 Å². The molecule has 0 radical (unpaired) electrons. The van der Waals surface area contributed by atoms with E-state index in [-0.39, 0.29) is 77.8 Å². The molecule has 0 spiro atoms. The molecule has 6 rings (SSSR count). The van der Waals surface area contributed by atoms with Crippen LogP contribution < -0.4 is 10.6 Å². The van der Waals surface area contributed by atoms with Crippen LogP contribution in [-0.4, -0.2) is 88.3 Å². The van der Waals surface area contributed by atoms with E-state index in [0.29, 0.717) is 0 Å². The largest absolute Gasteiger partial charge is 0.449 e. The summed E-state index contributed by atoms with van der Waals surface area (Å²) in [5, 5.41) is 25.4. The zero-order valence-electron chi connectivity index (χ0n) is 27.3. The number of nitrogens with one attached hydrogen (secondary N) is 2. The van der Waals surface area contributed by atoms with E-state index in [1.807, 2.05) is 48.5 Å². The van der Waals surface area contributed by atoms with Gasteiger partial charge in [-0.3, -0.25) is 0 Å². The van der Waals surface area contributed by atoms with E-state index in [9.17, 15) is 19.8 Å². The van der Waals surface area contributed by atoms with Crippen molar-refractivity contribution < 1.29 is 38.7 Å². The lowest BCUT2D eigenvalue weighted by Crippen LogP contribution is -2.41. The van der Waals surface area contributed by atoms with Gasteiger partial charge in [-0.05, 0) is 44.5 Å². The molecule has 4 N–H and O–H groups in total. The number of carbonyl (C=O) groups is 2. The number of rotatable bonds is 16. The Bertz CT molecular complexity index is 1530. The molecule has 0 aromatic heterocycles. The van der Waals surface area contributed by atoms with Crippen molar-refractivity contribution in [1.29, 1.82) is 0 Å². The number of hydrogen-bond acceptors (Lipinski definition) is 8. The van der Waals surface area contributed by atoms with E-state index in [0.717, 1.165) is 44.5 Å². The summed E-state index contributed by atoms with van der Waals surface area (Å²) in [6.45, 7) is 0.372. The van der Waals surface area contributed by atoms with Gasteiger partial charge in [0, 0.05) is 24.9 Å². The van der Waals surface area contributed by atoms with Gasteiger partial charge < -0.3 is 39.8 Å². The Morgan fingerprint density at radius 2 is 0.878 bits per heavy atom. The van der Waals surface area contributed by atoms with E-state index >= 15 is 0 Å². The molecule has 10 heteroatoms. The standard InChI is InChI=1S/C39H42N2O8/c42-23-39(24-43,25-46-19-17-40-37(44)48-21-35-31-13-5-1-9-27(31)28-10-2-6-14-32(28)35)26-47-20-18-41-38(45)49-22-36-33-15-7-3-11-29(33)30-12-4-8-16-34(30)36/h1-16,35-36,42-43H,17-26H2,(H,40,44)(H,41,45). The summed E-state index contributed by atoms with van der Waals surface area (Å²) in [5.74, 6) is -0.0588. The van der Waals surface area contributed by atoms with Crippen LogP contribution in [0.3, 0.4) is 0 Å². The Kier molecular flexibility index (Phi) is 11.2. The molecule has 2 amide bonds. The van der Waals surface area contributed by atoms with Gasteiger partial charge in [-0.25, -0.2) is 9.59 Å². The number of ether oxygens (including phenoxy) is 4. The first kappa shape index (κ1) is 34.1. The Morgan fingerprint density at radius 3 is 1.20 bits per heavy atom. The summed E-state index contributed by atoms with van der Waals surface area (Å²) in [4.78, 5) is 24.9. The molecule has 49 heavy (non-hydrogen) atoms. The van der Waals surface area contributed by atoms with E-state index in [2.05, 4.69) is 59.2 Å². The fourth-order valence-electron chi connectivity index (χ4n) is 6.60. The van der Waals surface area contributed by atoms with Crippen molar-refractivity contribution in [3.63, 3.8) is 0 Å². The van der Waals surface area contributed by atoms with Crippen molar-refractivity contribution >= 4 is 12.2 Å². The molecule has 0 bridgehead atoms. The molecule has 0 unspecified atom stereocenters. The van der Waals surface area contributed by atoms with Gasteiger partial charge in [0.2, 0.25) is 0 Å². The number of alkyl carbamates (subject to hydrolysis) is 2. The van der Waals surface area contributed by atoms with E-state index in [1.165, 1.54) is 0 Å². The van der Waals surface area contributed by atoms with Gasteiger partial charge in [0.1, 0.15) is 13.2 Å². The van der Waals surface area contributed by atoms with Gasteiger partial charge in [0.25, 0.3) is 0 Å². The van der Waals surface area contributed by atoms with Crippen molar-refractivity contribution in [2.45, 2.75) is 11.8 Å². The lowest BCUT2D eigenvalue weighted by atomic mass is 9.92. The quantitative estimate of drug-likeness (QED) is 0.122. The molecule has 0 atom stereocenters. The van der Waals surface area contributed by atoms with Gasteiger partial charge in [-0.1, -0.05) is 97.1 Å². The van der Waals surface area contributed by atoms with Crippen molar-refractivity contribution in [1.82, 2.24) is 10.6 Å². The number of aliphatic hydroxyl groups is 2. The smallest absolute Gasteiger partial charge is 0.407 e. The van der Waals surface area contributed by atoms with Crippen molar-refractivity contribution in [3.05, 3.63) is 119 Å². The third-order valence-electron chi connectivity index (χ3n) is 9.21. The van der Waals surface area contributed by atoms with Gasteiger partial charge in [0.05, 0.1) is 45.1 Å². The number of fused-ring (bicyclic) bond motifs is 6. The molecule has 10 nitrogen and oxygen atoms in total. The molecule has 4 aromatic carbocycles. The van der Waals surface area contributed by atoms with Crippen LogP contribution in [0.15, 0.2) is 97.1 Å². The van der Waals surface area contributed by atoms with Crippen molar-refractivity contribution in [2.75, 3.05) is 65.9 Å². The first-order chi connectivity index (χ1) is 24.0. The van der Waals surface area contributed by atoms with Crippen LogP contribution in [0, 0.1) is 5.41 Å². The fourth-order valence-corrected chi connectivity index (χ4v) is 6.60. The number of hydrogen-bond donors (Lipinski definition) is 4. The van der Waals surface area contributed by atoms with E-state index in [1.54, 1.807) is 0 Å². The molecule has 256 valence electrons. The van der Waals surface area contributed by atoms with Crippen LogP contribution in [0.4, 0.5) is 9.59 Å². The zero-order valence-corrected chi connectivity index (χ0v) is 27.3. The minimum atomic E-state index is -1.05. The second kappa shape index (κ2) is 16.1. The lowest BCUT2D eigenvalue weighted by Gasteiger charge is -2.29. The molecule has 2 aliphatic carbocycles. The van der Waals surface area contributed by atoms with Crippen LogP contribution in [-0.2, 0) is 18.9 Å². The summed E-state index contributed by atoms with van der Waals surface area (Å²) in [7, 11) is 0. The summed E-state index contributed by atoms with van der Waals surface area (Å²) < 4.78 is 22.4. The lowest BCUT2D eigenvalue weighted by molar-refractivity contribution is -0.0756. The normalized spacial score (nSPS) is 13.3. The number of benzene rings is 4. The molecular weight excluding hydrogens is 624 g/mol. The molecule has 0 saturated heterocycles. The Hall–Kier alpha value is -4.74. The van der Waals surface area contributed by atoms with Gasteiger partial charge in [0.15, 0.2) is 0 Å². The highest BCUT2D eigenvalue weighted by molar-refractivity contribution is 5.80. The van der Waals surface area contributed by atoms with Crippen LogP contribution >= 0.6 is 0 Å². The molecule has 0 heterocycles. The number of amides is 2. The third kappa shape index (κ3) is 7.79. The first-order valence-corrected chi connectivity index (χ1v) is 16.6. The minimum absolute atomic E-state index is 0.00613. The third-order valence-corrected chi connectivity index (χ3v) is 9.21. The van der Waals surface area contributed by atoms with Crippen molar-refractivity contribution in [3.8, 4) is 22.3 Å². The highest BCUT2D eigenvalue weighted by atomic mass is 16.6. The maximum Gasteiger partial charge on any atom is 0.407 e. The zero-order chi connectivity index (χ0) is 34.1. The fraction of sp³-hybridized carbons (Fsp3) is 0.333. The summed E-state index contributed by atoms with van der Waals surface area (Å²) >= 11 is 0. The van der Waals surface area contributed by atoms with Crippen LogP contribution in [0.5, 0.6) is 0 Å². The van der Waals surface area contributed by atoms with Gasteiger partial charge >= 0.3 is 12.2 Å². The predicted molar refractivity (Wildman–Crippen MR) is 184 cm³/mol. The summed E-state index contributed by atoms with van der Waals surface area (Å²) in [5.41, 5.74) is 8.14. The van der Waals surface area contributed by atoms with Gasteiger partial charge in [-0.2, -0.15) is 0 Å². The Morgan fingerprint density at radius 1 is 0.551 bits per heavy atom. The van der Waals surface area contributed by atoms with E-state index < -0.39 is 17.6 Å². The monoisotopic (exact) mass is 666 g/mol. The Labute approximate surface area is 286 Å². The second-order valence-corrected chi connectivity index (χ2v) is 12.4. The number of carbonyl (C=O) groups excluding carboxylic acids is 2. The van der Waals surface area contributed by atoms with E-state index in [4.69, 9.17) is 18.9 Å². The highest BCUT2D eigenvalue weighted by Gasteiger charge is 2.31. The summed E-state index contributed by atoms with van der Waals surface area (Å²) in [6, 6.07) is 32.6. The number of aliphatic hydroxyl groups excluding tert-OH is 2. The minimum Gasteiger partial charge on any atom is -0.449 e. The van der Waals surface area contributed by atoms with Crippen LogP contribution in [0.1, 0.15) is 34.1 Å². The maximum absolute atomic E-state index is 12.4. The molecular formula is C39H42N2O8. The average molecular weight is 667 g/mol. The first-order valence-electron chi connectivity index (χ1n) is 16.6. The maximum atomic E-state index is 12.4. The average Bonchev–Trinajstić information content (AvgIpc) is 3.64. The van der Waals surface area contributed by atoms with Crippen LogP contribution in [0.25, 0.3) is 22.3 Å². The molecule has 0 saturated carbocycles.